The molecule has 41 heavy (non-hydrogen) atoms. The van der Waals surface area contributed by atoms with Crippen LogP contribution in [0.15, 0.2) is 36.5 Å². The lowest BCUT2D eigenvalue weighted by molar-refractivity contribution is -0.136. The van der Waals surface area contributed by atoms with Gasteiger partial charge in [0.05, 0.1) is 16.7 Å². The number of aromatic nitrogens is 1. The first-order valence-corrected chi connectivity index (χ1v) is 14.1. The molecule has 12 heteroatoms. The highest BCUT2D eigenvalue weighted by atomic mass is 16.4. The highest BCUT2D eigenvalue weighted by molar-refractivity contribution is 6.23. The summed E-state index contributed by atoms with van der Waals surface area (Å²) in [7, 11) is 0. The quantitative estimate of drug-likeness (QED) is 0.495. The van der Waals surface area contributed by atoms with E-state index in [-0.39, 0.29) is 18.4 Å². The van der Waals surface area contributed by atoms with Gasteiger partial charge in [-0.1, -0.05) is 0 Å². The lowest BCUT2D eigenvalue weighted by atomic mass is 9.96. The molecular weight excluding hydrogens is 528 g/mol. The number of carbonyl (C=O) groups excluding carboxylic acids is 4. The van der Waals surface area contributed by atoms with Crippen LogP contribution in [0.4, 0.5) is 11.5 Å². The van der Waals surface area contributed by atoms with Crippen molar-refractivity contribution in [2.75, 3.05) is 55.6 Å². The van der Waals surface area contributed by atoms with E-state index in [1.807, 2.05) is 6.07 Å². The molecule has 4 amide bonds. The Hall–Kier alpha value is -4.32. The fraction of sp³-hybridized carbons (Fsp3) is 0.448. The number of anilines is 2. The van der Waals surface area contributed by atoms with Crippen molar-refractivity contribution in [3.8, 4) is 0 Å². The van der Waals surface area contributed by atoms with Gasteiger partial charge in [-0.2, -0.15) is 0 Å². The zero-order valence-electron chi connectivity index (χ0n) is 22.6. The summed E-state index contributed by atoms with van der Waals surface area (Å²) < 4.78 is 0. The van der Waals surface area contributed by atoms with Crippen molar-refractivity contribution in [3.05, 3.63) is 53.2 Å². The van der Waals surface area contributed by atoms with Gasteiger partial charge in [0.1, 0.15) is 11.9 Å². The second kappa shape index (κ2) is 10.9. The van der Waals surface area contributed by atoms with Gasteiger partial charge >= 0.3 is 5.97 Å². The molecule has 12 nitrogen and oxygen atoms in total. The van der Waals surface area contributed by atoms with Crippen LogP contribution < -0.4 is 15.1 Å². The van der Waals surface area contributed by atoms with E-state index < -0.39 is 35.6 Å². The first-order chi connectivity index (χ1) is 19.8. The smallest absolute Gasteiger partial charge is 0.337 e. The van der Waals surface area contributed by atoms with Crippen LogP contribution in [0.2, 0.25) is 0 Å². The van der Waals surface area contributed by atoms with Crippen molar-refractivity contribution in [2.24, 2.45) is 5.92 Å². The van der Waals surface area contributed by atoms with E-state index in [2.05, 4.69) is 25.0 Å². The molecule has 1 atom stereocenters. The molecule has 3 saturated heterocycles. The Balaban J connectivity index is 1.01. The van der Waals surface area contributed by atoms with Gasteiger partial charge in [0.25, 0.3) is 11.8 Å². The Bertz CT molecular complexity index is 1400. The number of rotatable bonds is 6. The number of carboxylic acids is 1. The van der Waals surface area contributed by atoms with Gasteiger partial charge in [-0.05, 0) is 55.5 Å². The molecule has 3 fully saturated rings. The van der Waals surface area contributed by atoms with Crippen molar-refractivity contribution in [2.45, 2.75) is 31.7 Å². The standard InChI is InChI=1S/C29H32N6O6/c36-25-6-4-23(26(37)31-25)35-27(38)21-3-2-20(15-22(21)28(35)39)33-13-11-32(12-14-33)17-18-7-9-34(10-8-18)24-5-1-19(16-30-24)29(40)41/h1-3,5,15-16,18,23H,4,6-14,17H2,(H,40,41)(H,31,36,37). The maximum atomic E-state index is 13.2. The molecule has 4 aliphatic rings. The number of hydrogen-bond acceptors (Lipinski definition) is 9. The molecule has 1 unspecified atom stereocenters. The van der Waals surface area contributed by atoms with Crippen molar-refractivity contribution >= 4 is 41.1 Å². The minimum absolute atomic E-state index is 0.0953. The average molecular weight is 561 g/mol. The predicted octanol–water partition coefficient (Wildman–Crippen LogP) is 1.22. The molecule has 2 N–H and O–H groups in total. The Morgan fingerprint density at radius 2 is 1.61 bits per heavy atom. The lowest BCUT2D eigenvalue weighted by Crippen LogP contribution is -2.54. The molecule has 1 aromatic carbocycles. The van der Waals surface area contributed by atoms with Crippen LogP contribution in [0, 0.1) is 5.92 Å². The minimum atomic E-state index is -0.973. The Labute approximate surface area is 236 Å². The molecule has 2 aromatic rings. The van der Waals surface area contributed by atoms with E-state index in [0.29, 0.717) is 17.0 Å². The molecular formula is C29H32N6O6. The first-order valence-electron chi connectivity index (χ1n) is 14.1. The van der Waals surface area contributed by atoms with Crippen LogP contribution in [0.5, 0.6) is 0 Å². The van der Waals surface area contributed by atoms with E-state index in [0.717, 1.165) is 75.1 Å². The van der Waals surface area contributed by atoms with Gasteiger partial charge in [0.15, 0.2) is 0 Å². The monoisotopic (exact) mass is 560 g/mol. The van der Waals surface area contributed by atoms with Gasteiger partial charge in [0, 0.05) is 64.1 Å². The molecule has 0 spiro atoms. The first kappa shape index (κ1) is 26.9. The molecule has 0 saturated carbocycles. The van der Waals surface area contributed by atoms with Crippen LogP contribution in [0.3, 0.4) is 0 Å². The highest BCUT2D eigenvalue weighted by Crippen LogP contribution is 2.31. The largest absolute Gasteiger partial charge is 0.478 e. The van der Waals surface area contributed by atoms with Gasteiger partial charge < -0.3 is 14.9 Å². The zero-order valence-corrected chi connectivity index (χ0v) is 22.6. The molecule has 6 rings (SSSR count). The normalized spacial score (nSPS) is 22.2. The number of carboxylic acid groups (broad SMARTS) is 1. The molecule has 4 aliphatic heterocycles. The summed E-state index contributed by atoms with van der Waals surface area (Å²) in [4.78, 5) is 73.3. The molecule has 5 heterocycles. The lowest BCUT2D eigenvalue weighted by Gasteiger charge is -2.40. The minimum Gasteiger partial charge on any atom is -0.478 e. The van der Waals surface area contributed by atoms with Crippen LogP contribution in [-0.4, -0.2) is 101 Å². The second-order valence-electron chi connectivity index (χ2n) is 11.1. The van der Waals surface area contributed by atoms with Gasteiger partial charge in [-0.25, -0.2) is 9.78 Å². The molecule has 0 radical (unpaired) electrons. The summed E-state index contributed by atoms with van der Waals surface area (Å²) >= 11 is 0. The molecule has 0 bridgehead atoms. The topological polar surface area (TPSA) is 143 Å². The Morgan fingerprint density at radius 3 is 2.27 bits per heavy atom. The number of fused-ring (bicyclic) bond motifs is 1. The maximum absolute atomic E-state index is 13.2. The molecule has 1 aromatic heterocycles. The number of piperidine rings is 2. The fourth-order valence-electron chi connectivity index (χ4n) is 6.25. The number of aromatic carboxylic acids is 1. The summed E-state index contributed by atoms with van der Waals surface area (Å²) in [5.74, 6) is -1.55. The zero-order chi connectivity index (χ0) is 28.7. The summed E-state index contributed by atoms with van der Waals surface area (Å²) in [6, 6.07) is 7.69. The van der Waals surface area contributed by atoms with E-state index in [9.17, 15) is 24.0 Å². The van der Waals surface area contributed by atoms with Crippen LogP contribution in [-0.2, 0) is 9.59 Å². The SMILES string of the molecule is O=C1CCC(N2C(=O)c3ccc(N4CCN(CC5CCN(c6ccc(C(=O)O)cn6)CC5)CC4)cc3C2=O)C(=O)N1. The predicted molar refractivity (Wildman–Crippen MR) is 148 cm³/mol. The van der Waals surface area contributed by atoms with E-state index >= 15 is 0 Å². The Kier molecular flexibility index (Phi) is 7.16. The van der Waals surface area contributed by atoms with Crippen molar-refractivity contribution in [1.29, 1.82) is 0 Å². The fourth-order valence-corrected chi connectivity index (χ4v) is 6.25. The van der Waals surface area contributed by atoms with E-state index in [4.69, 9.17) is 5.11 Å². The number of imide groups is 2. The third-order valence-corrected chi connectivity index (χ3v) is 8.61. The van der Waals surface area contributed by atoms with Crippen LogP contribution >= 0.6 is 0 Å². The third-order valence-electron chi connectivity index (χ3n) is 8.61. The van der Waals surface area contributed by atoms with Gasteiger partial charge in [0.2, 0.25) is 11.8 Å². The summed E-state index contributed by atoms with van der Waals surface area (Å²) in [6.45, 7) is 6.19. The van der Waals surface area contributed by atoms with Crippen LogP contribution in [0.1, 0.15) is 56.8 Å². The number of piperazine rings is 1. The van der Waals surface area contributed by atoms with Crippen molar-refractivity contribution in [1.82, 2.24) is 20.1 Å². The van der Waals surface area contributed by atoms with E-state index in [1.165, 1.54) is 6.20 Å². The second-order valence-corrected chi connectivity index (χ2v) is 11.1. The van der Waals surface area contributed by atoms with Crippen molar-refractivity contribution in [3.63, 3.8) is 0 Å². The third kappa shape index (κ3) is 5.26. The average Bonchev–Trinajstić information content (AvgIpc) is 3.23. The van der Waals surface area contributed by atoms with Crippen molar-refractivity contribution < 1.29 is 29.1 Å². The number of benzene rings is 1. The number of pyridine rings is 1. The Morgan fingerprint density at radius 1 is 0.878 bits per heavy atom. The highest BCUT2D eigenvalue weighted by Gasteiger charge is 2.44. The number of amides is 4. The van der Waals surface area contributed by atoms with E-state index in [1.54, 1.807) is 24.3 Å². The number of hydrogen-bond donors (Lipinski definition) is 2. The number of nitrogens with one attached hydrogen (secondary N) is 1. The van der Waals surface area contributed by atoms with Gasteiger partial charge in [-0.15, -0.1) is 0 Å². The summed E-state index contributed by atoms with van der Waals surface area (Å²) in [5, 5.41) is 11.3. The summed E-state index contributed by atoms with van der Waals surface area (Å²) in [5.41, 5.74) is 1.67. The van der Waals surface area contributed by atoms with Gasteiger partial charge in [-0.3, -0.25) is 34.3 Å². The van der Waals surface area contributed by atoms with Crippen LogP contribution in [0.25, 0.3) is 0 Å². The number of carbonyl (C=O) groups is 5. The molecule has 214 valence electrons. The molecule has 0 aliphatic carbocycles. The summed E-state index contributed by atoms with van der Waals surface area (Å²) in [6.07, 6.45) is 3.74. The number of nitrogens with zero attached hydrogens (tertiary/aromatic N) is 5. The maximum Gasteiger partial charge on any atom is 0.337 e.